The second-order valence-electron chi connectivity index (χ2n) is 12.2. The molecule has 0 saturated heterocycles. The molecule has 56 heavy (non-hydrogen) atoms. The zero-order chi connectivity index (χ0) is 41.5. The highest BCUT2D eigenvalue weighted by molar-refractivity contribution is 5.83. The average molecular weight is 803 g/mol. The Kier molecular flexibility index (Phi) is 35.4. The van der Waals surface area contributed by atoms with Crippen LogP contribution < -0.4 is 0 Å². The Morgan fingerprint density at radius 3 is 0.911 bits per heavy atom. The third-order valence-electron chi connectivity index (χ3n) is 6.78. The maximum absolute atomic E-state index is 12.2. The molecule has 0 bridgehead atoms. The zero-order valence-corrected chi connectivity index (χ0v) is 34.3. The first-order valence-electron chi connectivity index (χ1n) is 18.6. The Morgan fingerprint density at radius 2 is 0.625 bits per heavy atom. The van der Waals surface area contributed by atoms with Crippen molar-refractivity contribution in [1.29, 1.82) is 0 Å². The average Bonchev–Trinajstić information content (AvgIpc) is 3.16. The van der Waals surface area contributed by atoms with Crippen LogP contribution >= 0.6 is 0 Å². The van der Waals surface area contributed by atoms with E-state index in [1.165, 1.54) is 31.4 Å². The van der Waals surface area contributed by atoms with Crippen molar-refractivity contribution in [1.82, 2.24) is 19.6 Å². The van der Waals surface area contributed by atoms with Crippen LogP contribution in [-0.2, 0) is 66.5 Å². The molecular formula is C38H66N4O14. The molecule has 322 valence electrons. The Labute approximate surface area is 332 Å². The molecule has 18 nitrogen and oxygen atoms in total. The van der Waals surface area contributed by atoms with Crippen molar-refractivity contribution in [2.24, 2.45) is 0 Å². The molecule has 0 aliphatic carbocycles. The fourth-order valence-electron chi connectivity index (χ4n) is 3.97. The molecular weight excluding hydrogens is 736 g/mol. The molecule has 0 aromatic heterocycles. The number of rotatable bonds is 37. The van der Waals surface area contributed by atoms with E-state index in [1.54, 1.807) is 41.7 Å². The van der Waals surface area contributed by atoms with Crippen LogP contribution in [0.5, 0.6) is 0 Å². The standard InChI is InChI=1S/C38H66N4O14/c1-39(2)13-7-15-41(17-9-35(43)53-31-22-48-6)18-11-37(45)55-33-29-51-26-24-50-25-27-52-30-34-56-38(46)12-20-42(16-8-14-40(3)4)19-10-36(44)54-32-28-49-23-21-47-5/h9-12,17-20H,7-8,13-16,21-34H2,1-6H3/b17-9+,18-11+,19-10+,20-12+. The predicted octanol–water partition coefficient (Wildman–Crippen LogP) is 1.08. The third-order valence-corrected chi connectivity index (χ3v) is 6.78. The van der Waals surface area contributed by atoms with E-state index in [0.717, 1.165) is 25.9 Å². The predicted molar refractivity (Wildman–Crippen MR) is 207 cm³/mol. The fraction of sp³-hybridized carbons (Fsp3) is 0.684. The van der Waals surface area contributed by atoms with Gasteiger partial charge in [0.25, 0.3) is 0 Å². The first-order chi connectivity index (χ1) is 27.1. The van der Waals surface area contributed by atoms with Gasteiger partial charge in [-0.2, -0.15) is 0 Å². The number of nitrogens with zero attached hydrogens (tertiary/aromatic N) is 4. The van der Waals surface area contributed by atoms with Crippen molar-refractivity contribution in [3.05, 3.63) is 49.1 Å². The first-order valence-corrected chi connectivity index (χ1v) is 18.6. The van der Waals surface area contributed by atoms with Gasteiger partial charge in [-0.15, -0.1) is 0 Å². The molecule has 0 radical (unpaired) electrons. The number of carbonyl (C=O) groups excluding carboxylic acids is 4. The zero-order valence-electron chi connectivity index (χ0n) is 34.3. The van der Waals surface area contributed by atoms with Crippen LogP contribution in [0.25, 0.3) is 0 Å². The van der Waals surface area contributed by atoms with Crippen molar-refractivity contribution in [2.75, 3.05) is 161 Å². The lowest BCUT2D eigenvalue weighted by Gasteiger charge is -2.17. The molecule has 0 aromatic rings. The highest BCUT2D eigenvalue weighted by Gasteiger charge is 2.05. The molecule has 0 spiro atoms. The van der Waals surface area contributed by atoms with Crippen LogP contribution in [0.4, 0.5) is 0 Å². The summed E-state index contributed by atoms with van der Waals surface area (Å²) in [7, 11) is 11.0. The number of ether oxygens (including phenoxy) is 10. The Balaban J connectivity index is 4.21. The van der Waals surface area contributed by atoms with E-state index < -0.39 is 23.9 Å². The third kappa shape index (κ3) is 37.1. The molecule has 18 heteroatoms. The summed E-state index contributed by atoms with van der Waals surface area (Å²) in [6.07, 6.45) is 12.9. The minimum Gasteiger partial charge on any atom is -0.460 e. The van der Waals surface area contributed by atoms with Crippen LogP contribution in [0.3, 0.4) is 0 Å². The summed E-state index contributed by atoms with van der Waals surface area (Å²) in [5, 5.41) is 0. The van der Waals surface area contributed by atoms with E-state index in [1.807, 2.05) is 38.0 Å². The second-order valence-corrected chi connectivity index (χ2v) is 12.2. The normalized spacial score (nSPS) is 11.8. The van der Waals surface area contributed by atoms with Gasteiger partial charge in [-0.3, -0.25) is 0 Å². The number of methoxy groups -OCH3 is 2. The summed E-state index contributed by atoms with van der Waals surface area (Å²) in [5.74, 6) is -2.12. The monoisotopic (exact) mass is 802 g/mol. The summed E-state index contributed by atoms with van der Waals surface area (Å²) >= 11 is 0. The Hall–Kier alpha value is -3.88. The summed E-state index contributed by atoms with van der Waals surface area (Å²) in [6.45, 7) is 6.30. The van der Waals surface area contributed by atoms with Gasteiger partial charge in [0.05, 0.1) is 66.1 Å². The number of carbonyl (C=O) groups is 4. The summed E-state index contributed by atoms with van der Waals surface area (Å²) < 4.78 is 51.8. The van der Waals surface area contributed by atoms with Gasteiger partial charge in [0.2, 0.25) is 0 Å². The fourth-order valence-corrected chi connectivity index (χ4v) is 3.97. The number of hydrogen-bond acceptors (Lipinski definition) is 18. The van der Waals surface area contributed by atoms with Gasteiger partial charge in [0.15, 0.2) is 0 Å². The summed E-state index contributed by atoms with van der Waals surface area (Å²) in [5.41, 5.74) is 0. The molecule has 0 atom stereocenters. The van der Waals surface area contributed by atoms with E-state index >= 15 is 0 Å². The van der Waals surface area contributed by atoms with Gasteiger partial charge in [-0.25, -0.2) is 19.2 Å². The highest BCUT2D eigenvalue weighted by Crippen LogP contribution is 2.00. The van der Waals surface area contributed by atoms with Crippen molar-refractivity contribution in [2.45, 2.75) is 12.8 Å². The molecule has 0 aliphatic heterocycles. The largest absolute Gasteiger partial charge is 0.460 e. The molecule has 0 heterocycles. The minimum atomic E-state index is -0.548. The quantitative estimate of drug-likeness (QED) is 0.0378. The van der Waals surface area contributed by atoms with E-state index in [4.69, 9.17) is 47.4 Å². The molecule has 0 aliphatic rings. The number of hydrogen-bond donors (Lipinski definition) is 0. The molecule has 0 unspecified atom stereocenters. The van der Waals surface area contributed by atoms with Gasteiger partial charge in [0, 0.05) is 76.4 Å². The smallest absolute Gasteiger partial charge is 0.332 e. The van der Waals surface area contributed by atoms with E-state index in [9.17, 15) is 19.2 Å². The molecule has 0 N–H and O–H groups in total. The van der Waals surface area contributed by atoms with E-state index in [-0.39, 0.29) is 46.2 Å². The van der Waals surface area contributed by atoms with Gasteiger partial charge in [-0.1, -0.05) is 0 Å². The van der Waals surface area contributed by atoms with Crippen LogP contribution in [0.2, 0.25) is 0 Å². The molecule has 0 aromatic carbocycles. The van der Waals surface area contributed by atoms with Crippen LogP contribution in [0, 0.1) is 0 Å². The van der Waals surface area contributed by atoms with Crippen LogP contribution in [-0.4, -0.2) is 205 Å². The molecule has 0 saturated carbocycles. The van der Waals surface area contributed by atoms with E-state index in [0.29, 0.717) is 59.3 Å². The van der Waals surface area contributed by atoms with Crippen LogP contribution in [0.1, 0.15) is 12.8 Å². The van der Waals surface area contributed by atoms with Crippen molar-refractivity contribution in [3.8, 4) is 0 Å². The SMILES string of the molecule is COCCOCCOC(=O)/C=C/N(/C=C/C(=O)OCCOCCOCCOCCOC(=O)/C=C/N(/C=C/C(=O)OCCOC)CCCN(C)C)CCCN(C)C. The lowest BCUT2D eigenvalue weighted by atomic mass is 10.3. The maximum Gasteiger partial charge on any atom is 0.332 e. The number of esters is 4. The second kappa shape index (κ2) is 38.0. The molecule has 0 fully saturated rings. The summed E-state index contributed by atoms with van der Waals surface area (Å²) in [4.78, 5) is 55.7. The molecule has 0 rings (SSSR count). The van der Waals surface area contributed by atoms with E-state index in [2.05, 4.69) is 0 Å². The van der Waals surface area contributed by atoms with Crippen molar-refractivity contribution >= 4 is 23.9 Å². The first kappa shape index (κ1) is 52.1. The van der Waals surface area contributed by atoms with Crippen molar-refractivity contribution in [3.63, 3.8) is 0 Å². The van der Waals surface area contributed by atoms with Gasteiger partial charge >= 0.3 is 23.9 Å². The highest BCUT2D eigenvalue weighted by atomic mass is 16.6. The van der Waals surface area contributed by atoms with Gasteiger partial charge < -0.3 is 67.0 Å². The van der Waals surface area contributed by atoms with Gasteiger partial charge in [0.1, 0.15) is 26.4 Å². The van der Waals surface area contributed by atoms with Crippen LogP contribution in [0.15, 0.2) is 49.1 Å². The van der Waals surface area contributed by atoms with Gasteiger partial charge in [-0.05, 0) is 54.1 Å². The maximum atomic E-state index is 12.2. The topological polar surface area (TPSA) is 174 Å². The summed E-state index contributed by atoms with van der Waals surface area (Å²) in [6, 6.07) is 0. The lowest BCUT2D eigenvalue weighted by Crippen LogP contribution is -2.20. The Morgan fingerprint density at radius 1 is 0.375 bits per heavy atom. The minimum absolute atomic E-state index is 0.0601. The van der Waals surface area contributed by atoms with Crippen molar-refractivity contribution < 1.29 is 66.5 Å². The Bertz CT molecular complexity index is 1130. The molecule has 0 amide bonds. The lowest BCUT2D eigenvalue weighted by molar-refractivity contribution is -0.140.